The van der Waals surface area contributed by atoms with Gasteiger partial charge in [0, 0.05) is 7.05 Å². The van der Waals surface area contributed by atoms with Gasteiger partial charge in [-0.2, -0.15) is 0 Å². The normalized spacial score (nSPS) is 16.6. The van der Waals surface area contributed by atoms with Crippen LogP contribution in [-0.2, 0) is 9.59 Å². The molecule has 1 fully saturated rings. The summed E-state index contributed by atoms with van der Waals surface area (Å²) in [6, 6.07) is 3.10. The topological polar surface area (TPSA) is 58.6 Å². The Morgan fingerprint density at radius 1 is 1.35 bits per heavy atom. The van der Waals surface area contributed by atoms with Crippen molar-refractivity contribution < 1.29 is 14.3 Å². The number of amides is 2. The van der Waals surface area contributed by atoms with E-state index in [-0.39, 0.29) is 27.3 Å². The van der Waals surface area contributed by atoms with Crippen LogP contribution in [-0.4, -0.2) is 35.5 Å². The van der Waals surface area contributed by atoms with Gasteiger partial charge in [-0.15, -0.1) is 0 Å². The molecular weight excluding hydrogens is 359 g/mol. The molecule has 2 amide bonds. The van der Waals surface area contributed by atoms with E-state index in [1.54, 1.807) is 18.2 Å². The lowest BCUT2D eigenvalue weighted by molar-refractivity contribution is -0.128. The third-order valence-corrected chi connectivity index (χ3v) is 3.92. The first kappa shape index (κ1) is 17.5. The highest BCUT2D eigenvalue weighted by atomic mass is 35.5. The Balaban J connectivity index is 2.39. The molecule has 0 spiro atoms. The van der Waals surface area contributed by atoms with E-state index in [0.717, 1.165) is 0 Å². The lowest BCUT2D eigenvalue weighted by atomic mass is 10.1. The quantitative estimate of drug-likeness (QED) is 0.383. The van der Waals surface area contributed by atoms with Gasteiger partial charge in [-0.05, 0) is 36.0 Å². The molecule has 120 valence electrons. The fourth-order valence-electron chi connectivity index (χ4n) is 1.86. The summed E-state index contributed by atoms with van der Waals surface area (Å²) in [5.41, 5.74) is 0.429. The average molecular weight is 371 g/mol. The van der Waals surface area contributed by atoms with Crippen molar-refractivity contribution in [3.05, 3.63) is 46.0 Å². The number of benzene rings is 1. The van der Waals surface area contributed by atoms with Gasteiger partial charge in [0.05, 0.1) is 10.0 Å². The van der Waals surface area contributed by atoms with E-state index in [9.17, 15) is 9.59 Å². The van der Waals surface area contributed by atoms with Gasteiger partial charge in [-0.1, -0.05) is 35.9 Å². The van der Waals surface area contributed by atoms with Crippen LogP contribution < -0.4 is 10.1 Å². The fraction of sp³-hybridized carbons (Fsp3) is 0.133. The molecule has 1 aliphatic heterocycles. The number of nitrogens with one attached hydrogen (secondary N) is 1. The van der Waals surface area contributed by atoms with Crippen molar-refractivity contribution in [3.8, 4) is 5.75 Å². The first-order valence-electron chi connectivity index (χ1n) is 6.43. The fourth-order valence-corrected chi connectivity index (χ4v) is 2.64. The summed E-state index contributed by atoms with van der Waals surface area (Å²) < 4.78 is 5.36. The lowest BCUT2D eigenvalue weighted by Crippen LogP contribution is -2.52. The molecule has 1 heterocycles. The van der Waals surface area contributed by atoms with E-state index in [4.69, 9.17) is 40.2 Å². The summed E-state index contributed by atoms with van der Waals surface area (Å²) in [6.07, 6.45) is 2.96. The minimum Gasteiger partial charge on any atom is -0.486 e. The zero-order valence-electron chi connectivity index (χ0n) is 12.1. The van der Waals surface area contributed by atoms with Crippen LogP contribution in [0.2, 0.25) is 10.0 Å². The van der Waals surface area contributed by atoms with Crippen molar-refractivity contribution >= 4 is 58.4 Å². The van der Waals surface area contributed by atoms with Crippen LogP contribution >= 0.6 is 35.4 Å². The molecule has 0 aromatic heterocycles. The molecule has 0 aliphatic carbocycles. The Morgan fingerprint density at radius 3 is 2.52 bits per heavy atom. The number of rotatable bonds is 4. The average Bonchev–Trinajstić information content (AvgIpc) is 2.49. The molecule has 0 radical (unpaired) electrons. The van der Waals surface area contributed by atoms with E-state index < -0.39 is 11.8 Å². The van der Waals surface area contributed by atoms with Gasteiger partial charge in [-0.25, -0.2) is 0 Å². The monoisotopic (exact) mass is 370 g/mol. The van der Waals surface area contributed by atoms with Crippen LogP contribution in [0.3, 0.4) is 0 Å². The molecule has 1 aromatic carbocycles. The van der Waals surface area contributed by atoms with Crippen molar-refractivity contribution in [2.45, 2.75) is 0 Å². The summed E-state index contributed by atoms with van der Waals surface area (Å²) in [7, 11) is 1.48. The zero-order valence-corrected chi connectivity index (χ0v) is 14.4. The first-order valence-corrected chi connectivity index (χ1v) is 7.59. The molecule has 0 unspecified atom stereocenters. The minimum absolute atomic E-state index is 0.0568. The van der Waals surface area contributed by atoms with Crippen molar-refractivity contribution in [1.29, 1.82) is 0 Å². The second-order valence-corrected chi connectivity index (χ2v) is 5.80. The highest BCUT2D eigenvalue weighted by molar-refractivity contribution is 7.80. The molecule has 1 aromatic rings. The predicted octanol–water partition coefficient (Wildman–Crippen LogP) is 2.81. The third kappa shape index (κ3) is 3.72. The number of ether oxygens (including phenoxy) is 1. The van der Waals surface area contributed by atoms with Crippen molar-refractivity contribution in [2.75, 3.05) is 13.7 Å². The maximum Gasteiger partial charge on any atom is 0.265 e. The molecule has 0 bridgehead atoms. The third-order valence-electron chi connectivity index (χ3n) is 2.98. The van der Waals surface area contributed by atoms with Gasteiger partial charge >= 0.3 is 0 Å². The largest absolute Gasteiger partial charge is 0.486 e. The van der Waals surface area contributed by atoms with Crippen LogP contribution in [0.1, 0.15) is 5.56 Å². The molecule has 8 heteroatoms. The van der Waals surface area contributed by atoms with E-state index in [1.807, 2.05) is 0 Å². The standard InChI is InChI=1S/C15H12Cl2N2O3S/c1-3-4-22-12-10(16)6-8(7-11(12)17)5-9-13(20)18-15(23)19(2)14(9)21/h3,5-7H,1,4H2,2H3,(H,18,20,23)/b9-5+. The molecular formula is C15H12Cl2N2O3S. The zero-order chi connectivity index (χ0) is 17.1. The van der Waals surface area contributed by atoms with Gasteiger partial charge in [0.1, 0.15) is 12.2 Å². The maximum atomic E-state index is 12.1. The number of nitrogens with zero attached hydrogens (tertiary/aromatic N) is 1. The molecule has 0 atom stereocenters. The summed E-state index contributed by atoms with van der Waals surface area (Å²) in [4.78, 5) is 25.2. The smallest absolute Gasteiger partial charge is 0.265 e. The molecule has 1 saturated heterocycles. The summed E-state index contributed by atoms with van der Waals surface area (Å²) in [5, 5.41) is 3.01. The summed E-state index contributed by atoms with van der Waals surface area (Å²) in [5.74, 6) is -0.761. The van der Waals surface area contributed by atoms with E-state index in [0.29, 0.717) is 11.3 Å². The van der Waals surface area contributed by atoms with Crippen molar-refractivity contribution in [3.63, 3.8) is 0 Å². The Labute approximate surface area is 148 Å². The number of likely N-dealkylation sites (N-methyl/N-ethyl adjacent to an activating group) is 1. The second-order valence-electron chi connectivity index (χ2n) is 4.59. The van der Waals surface area contributed by atoms with Gasteiger partial charge < -0.3 is 4.74 Å². The number of carbonyl (C=O) groups is 2. The molecule has 1 aliphatic rings. The summed E-state index contributed by atoms with van der Waals surface area (Å²) >= 11 is 17.1. The first-order chi connectivity index (χ1) is 10.8. The van der Waals surface area contributed by atoms with Crippen LogP contribution in [0.5, 0.6) is 5.75 Å². The van der Waals surface area contributed by atoms with E-state index >= 15 is 0 Å². The van der Waals surface area contributed by atoms with Gasteiger partial charge in [0.15, 0.2) is 10.9 Å². The Bertz CT molecular complexity index is 723. The Hall–Kier alpha value is -1.89. The molecule has 5 nitrogen and oxygen atoms in total. The lowest BCUT2D eigenvalue weighted by Gasteiger charge is -2.25. The van der Waals surface area contributed by atoms with E-state index in [1.165, 1.54) is 18.0 Å². The molecule has 1 N–H and O–H groups in total. The van der Waals surface area contributed by atoms with Gasteiger partial charge in [-0.3, -0.25) is 19.8 Å². The number of carbonyl (C=O) groups excluding carboxylic acids is 2. The summed E-state index contributed by atoms with van der Waals surface area (Å²) in [6.45, 7) is 3.80. The number of halogens is 2. The van der Waals surface area contributed by atoms with E-state index in [2.05, 4.69) is 11.9 Å². The van der Waals surface area contributed by atoms with Crippen LogP contribution in [0, 0.1) is 0 Å². The van der Waals surface area contributed by atoms with Crippen molar-refractivity contribution in [1.82, 2.24) is 10.2 Å². The van der Waals surface area contributed by atoms with Crippen LogP contribution in [0.15, 0.2) is 30.4 Å². The Kier molecular flexibility index (Phi) is 5.41. The maximum absolute atomic E-state index is 12.1. The highest BCUT2D eigenvalue weighted by Gasteiger charge is 2.30. The number of hydrogen-bond acceptors (Lipinski definition) is 4. The number of thiocarbonyl (C=S) groups is 1. The predicted molar refractivity (Wildman–Crippen MR) is 93.6 cm³/mol. The minimum atomic E-state index is -0.572. The van der Waals surface area contributed by atoms with Crippen LogP contribution in [0.4, 0.5) is 0 Å². The van der Waals surface area contributed by atoms with Gasteiger partial charge in [0.2, 0.25) is 0 Å². The molecule has 0 saturated carbocycles. The highest BCUT2D eigenvalue weighted by Crippen LogP contribution is 2.35. The SMILES string of the molecule is C=CCOc1c(Cl)cc(/C=C2\C(=O)NC(=S)N(C)C2=O)cc1Cl. The molecule has 23 heavy (non-hydrogen) atoms. The Morgan fingerprint density at radius 2 is 1.96 bits per heavy atom. The van der Waals surface area contributed by atoms with Gasteiger partial charge in [0.25, 0.3) is 11.8 Å². The van der Waals surface area contributed by atoms with Crippen molar-refractivity contribution in [2.24, 2.45) is 0 Å². The number of hydrogen-bond donors (Lipinski definition) is 1. The van der Waals surface area contributed by atoms with Crippen LogP contribution in [0.25, 0.3) is 6.08 Å². The molecule has 2 rings (SSSR count). The second kappa shape index (κ2) is 7.12.